The molecule has 0 saturated carbocycles. The van der Waals surface area contributed by atoms with Crippen LogP contribution in [-0.2, 0) is 9.53 Å². The Morgan fingerprint density at radius 1 is 0.955 bits per heavy atom. The van der Waals surface area contributed by atoms with Gasteiger partial charge in [-0.25, -0.2) is 4.79 Å². The molecular formula is C19H16O3. The molecule has 0 atom stereocenters. The average molecular weight is 292 g/mol. The summed E-state index contributed by atoms with van der Waals surface area (Å²) >= 11 is 0. The molecule has 2 rings (SSSR count). The fourth-order valence-corrected chi connectivity index (χ4v) is 1.91. The van der Waals surface area contributed by atoms with E-state index < -0.39 is 5.97 Å². The van der Waals surface area contributed by atoms with Crippen molar-refractivity contribution in [1.82, 2.24) is 0 Å². The zero-order valence-electron chi connectivity index (χ0n) is 12.3. The molecule has 2 aromatic carbocycles. The first-order valence-corrected chi connectivity index (χ1v) is 6.77. The third kappa shape index (κ3) is 3.79. The van der Waals surface area contributed by atoms with Gasteiger partial charge >= 0.3 is 5.97 Å². The van der Waals surface area contributed by atoms with Crippen LogP contribution in [-0.4, -0.2) is 18.9 Å². The Morgan fingerprint density at radius 3 is 2.14 bits per heavy atom. The van der Waals surface area contributed by atoms with Crippen LogP contribution in [0.1, 0.15) is 21.5 Å². The van der Waals surface area contributed by atoms with Gasteiger partial charge in [-0.05, 0) is 17.2 Å². The van der Waals surface area contributed by atoms with Crippen molar-refractivity contribution < 1.29 is 14.3 Å². The highest BCUT2D eigenvalue weighted by Gasteiger charge is 2.10. The summed E-state index contributed by atoms with van der Waals surface area (Å²) in [6.07, 6.45) is 3.29. The molecule has 0 heterocycles. The largest absolute Gasteiger partial charge is 0.465 e. The smallest absolute Gasteiger partial charge is 0.337 e. The number of allylic oxidation sites excluding steroid dienone is 1. The molecule has 0 aromatic heterocycles. The molecule has 0 radical (unpaired) electrons. The summed E-state index contributed by atoms with van der Waals surface area (Å²) < 4.78 is 4.62. The van der Waals surface area contributed by atoms with Crippen LogP contribution >= 0.6 is 0 Å². The molecule has 0 saturated heterocycles. The molecule has 3 nitrogen and oxygen atoms in total. The van der Waals surface area contributed by atoms with Gasteiger partial charge in [0.1, 0.15) is 0 Å². The molecule has 110 valence electrons. The normalized spacial score (nSPS) is 10.4. The summed E-state index contributed by atoms with van der Waals surface area (Å²) in [5, 5.41) is 0. The highest BCUT2D eigenvalue weighted by molar-refractivity contribution is 6.15. The van der Waals surface area contributed by atoms with Crippen molar-refractivity contribution in [3.63, 3.8) is 0 Å². The maximum Gasteiger partial charge on any atom is 0.337 e. The summed E-state index contributed by atoms with van der Waals surface area (Å²) in [5.74, 6) is -0.581. The van der Waals surface area contributed by atoms with Crippen LogP contribution < -0.4 is 0 Å². The Morgan fingerprint density at radius 2 is 1.55 bits per heavy atom. The summed E-state index contributed by atoms with van der Waals surface area (Å²) in [6, 6.07) is 16.3. The molecule has 0 spiro atoms. The number of hydrogen-bond donors (Lipinski definition) is 0. The standard InChI is InChI=1S/C19H16O3/c1-14(19(21)22-2)16-9-11-17(12-10-16)18(20)13-8-15-6-4-3-5-7-15/h3-13H,1H2,2H3. The Balaban J connectivity index is 2.10. The van der Waals surface area contributed by atoms with E-state index in [9.17, 15) is 9.59 Å². The van der Waals surface area contributed by atoms with Gasteiger partial charge in [0.2, 0.25) is 0 Å². The maximum atomic E-state index is 12.1. The molecule has 0 aliphatic heterocycles. The molecule has 22 heavy (non-hydrogen) atoms. The molecule has 0 bridgehead atoms. The summed E-state index contributed by atoms with van der Waals surface area (Å²) in [7, 11) is 1.31. The maximum absolute atomic E-state index is 12.1. The lowest BCUT2D eigenvalue weighted by molar-refractivity contribution is -0.133. The summed E-state index contributed by atoms with van der Waals surface area (Å²) in [4.78, 5) is 23.5. The number of ether oxygens (including phenoxy) is 1. The first kappa shape index (κ1) is 15.4. The summed E-state index contributed by atoms with van der Waals surface area (Å²) in [5.41, 5.74) is 2.41. The second-order valence-electron chi connectivity index (χ2n) is 4.66. The second-order valence-corrected chi connectivity index (χ2v) is 4.66. The fourth-order valence-electron chi connectivity index (χ4n) is 1.91. The van der Waals surface area contributed by atoms with Crippen LogP contribution in [0.25, 0.3) is 11.6 Å². The molecule has 0 N–H and O–H groups in total. The third-order valence-electron chi connectivity index (χ3n) is 3.18. The number of benzene rings is 2. The number of methoxy groups -OCH3 is 1. The highest BCUT2D eigenvalue weighted by atomic mass is 16.5. The van der Waals surface area contributed by atoms with Crippen molar-refractivity contribution >= 4 is 23.4 Å². The minimum Gasteiger partial charge on any atom is -0.465 e. The molecule has 0 fully saturated rings. The minimum absolute atomic E-state index is 0.0981. The van der Waals surface area contributed by atoms with E-state index in [2.05, 4.69) is 11.3 Å². The molecule has 0 aliphatic carbocycles. The van der Waals surface area contributed by atoms with Crippen LogP contribution in [0.5, 0.6) is 0 Å². The topological polar surface area (TPSA) is 43.4 Å². The van der Waals surface area contributed by atoms with Crippen LogP contribution in [0, 0.1) is 0 Å². The van der Waals surface area contributed by atoms with Gasteiger partial charge in [-0.15, -0.1) is 0 Å². The van der Waals surface area contributed by atoms with Gasteiger partial charge < -0.3 is 4.74 Å². The van der Waals surface area contributed by atoms with E-state index in [0.717, 1.165) is 5.56 Å². The van der Waals surface area contributed by atoms with E-state index in [1.807, 2.05) is 30.3 Å². The van der Waals surface area contributed by atoms with Crippen molar-refractivity contribution in [2.75, 3.05) is 7.11 Å². The van der Waals surface area contributed by atoms with Crippen LogP contribution in [0.3, 0.4) is 0 Å². The predicted molar refractivity (Wildman–Crippen MR) is 87.3 cm³/mol. The quantitative estimate of drug-likeness (QED) is 0.478. The van der Waals surface area contributed by atoms with Crippen LogP contribution in [0.4, 0.5) is 0 Å². The van der Waals surface area contributed by atoms with Crippen molar-refractivity contribution in [2.24, 2.45) is 0 Å². The highest BCUT2D eigenvalue weighted by Crippen LogP contribution is 2.15. The Hall–Kier alpha value is -2.94. The monoisotopic (exact) mass is 292 g/mol. The SMILES string of the molecule is C=C(C(=O)OC)c1ccc(C(=O)C=Cc2ccccc2)cc1. The van der Waals surface area contributed by atoms with Gasteiger partial charge in [0.05, 0.1) is 12.7 Å². The fraction of sp³-hybridized carbons (Fsp3) is 0.0526. The number of esters is 1. The van der Waals surface area contributed by atoms with Gasteiger partial charge in [-0.3, -0.25) is 4.79 Å². The van der Waals surface area contributed by atoms with E-state index in [0.29, 0.717) is 11.1 Å². The average Bonchev–Trinajstić information content (AvgIpc) is 2.59. The molecular weight excluding hydrogens is 276 g/mol. The lowest BCUT2D eigenvalue weighted by Crippen LogP contribution is -2.03. The van der Waals surface area contributed by atoms with Gasteiger partial charge in [0.15, 0.2) is 5.78 Å². The number of hydrogen-bond acceptors (Lipinski definition) is 3. The molecule has 0 amide bonds. The van der Waals surface area contributed by atoms with E-state index in [4.69, 9.17) is 0 Å². The first-order valence-electron chi connectivity index (χ1n) is 6.77. The van der Waals surface area contributed by atoms with Gasteiger partial charge in [-0.2, -0.15) is 0 Å². The van der Waals surface area contributed by atoms with Gasteiger partial charge in [-0.1, -0.05) is 67.3 Å². The Kier molecular flexibility index (Phi) is 5.04. The number of carbonyl (C=O) groups is 2. The lowest BCUT2D eigenvalue weighted by Gasteiger charge is -2.04. The van der Waals surface area contributed by atoms with Gasteiger partial charge in [0.25, 0.3) is 0 Å². The van der Waals surface area contributed by atoms with Crippen molar-refractivity contribution in [3.8, 4) is 0 Å². The first-order chi connectivity index (χ1) is 10.6. The van der Waals surface area contributed by atoms with Gasteiger partial charge in [0, 0.05) is 5.56 Å². The zero-order chi connectivity index (χ0) is 15.9. The Bertz CT molecular complexity index is 710. The number of ketones is 1. The second kappa shape index (κ2) is 7.18. The predicted octanol–water partition coefficient (Wildman–Crippen LogP) is 3.77. The van der Waals surface area contributed by atoms with Crippen LogP contribution in [0.15, 0.2) is 67.3 Å². The van der Waals surface area contributed by atoms with Crippen molar-refractivity contribution in [1.29, 1.82) is 0 Å². The third-order valence-corrected chi connectivity index (χ3v) is 3.18. The van der Waals surface area contributed by atoms with E-state index >= 15 is 0 Å². The Labute approximate surface area is 129 Å². The summed E-state index contributed by atoms with van der Waals surface area (Å²) in [6.45, 7) is 3.67. The zero-order valence-corrected chi connectivity index (χ0v) is 12.3. The van der Waals surface area contributed by atoms with E-state index in [1.165, 1.54) is 13.2 Å². The van der Waals surface area contributed by atoms with E-state index in [-0.39, 0.29) is 11.4 Å². The number of carbonyl (C=O) groups excluding carboxylic acids is 2. The molecule has 0 aliphatic rings. The molecule has 2 aromatic rings. The van der Waals surface area contributed by atoms with Crippen LogP contribution in [0.2, 0.25) is 0 Å². The van der Waals surface area contributed by atoms with E-state index in [1.54, 1.807) is 30.3 Å². The minimum atomic E-state index is -0.483. The molecule has 3 heteroatoms. The lowest BCUT2D eigenvalue weighted by atomic mass is 10.0. The van der Waals surface area contributed by atoms with Crippen molar-refractivity contribution in [3.05, 3.63) is 83.9 Å². The molecule has 0 unspecified atom stereocenters. The van der Waals surface area contributed by atoms with Crippen molar-refractivity contribution in [2.45, 2.75) is 0 Å². The number of rotatable bonds is 5.